The maximum atomic E-state index is 11.1. The van der Waals surface area contributed by atoms with E-state index in [1.807, 2.05) is 12.1 Å². The molecule has 0 bridgehead atoms. The summed E-state index contributed by atoms with van der Waals surface area (Å²) in [5.41, 5.74) is 5.24. The third kappa shape index (κ3) is 3.89. The number of ether oxygens (including phenoxy) is 1. The first-order chi connectivity index (χ1) is 9.99. The van der Waals surface area contributed by atoms with Crippen molar-refractivity contribution in [3.05, 3.63) is 35.1 Å². The number of rotatable bonds is 6. The number of primary amides is 1. The summed E-state index contributed by atoms with van der Waals surface area (Å²) in [6.07, 6.45) is 0. The van der Waals surface area contributed by atoms with Crippen LogP contribution in [-0.2, 0) is 18.4 Å². The van der Waals surface area contributed by atoms with Crippen molar-refractivity contribution in [2.45, 2.75) is 23.9 Å². The molecule has 0 saturated carbocycles. The zero-order chi connectivity index (χ0) is 15.4. The summed E-state index contributed by atoms with van der Waals surface area (Å²) >= 11 is 7.27. The average Bonchev–Trinajstić information content (AvgIpc) is 2.79. The smallest absolute Gasteiger partial charge is 0.230 e. The minimum absolute atomic E-state index is 0.235. The van der Waals surface area contributed by atoms with E-state index in [9.17, 15) is 4.79 Å². The molecule has 0 spiro atoms. The Kier molecular flexibility index (Phi) is 5.08. The van der Waals surface area contributed by atoms with Crippen LogP contribution < -0.4 is 10.5 Å². The molecule has 0 saturated heterocycles. The highest BCUT2D eigenvalue weighted by Crippen LogP contribution is 2.25. The maximum Gasteiger partial charge on any atom is 0.230 e. The summed E-state index contributed by atoms with van der Waals surface area (Å²) in [6.45, 7) is 1.96. The van der Waals surface area contributed by atoms with E-state index in [0.717, 1.165) is 0 Å². The van der Waals surface area contributed by atoms with Crippen molar-refractivity contribution < 1.29 is 9.53 Å². The number of nitrogens with two attached hydrogens (primary N) is 1. The first-order valence-corrected chi connectivity index (χ1v) is 7.46. The quantitative estimate of drug-likeness (QED) is 0.821. The molecule has 2 rings (SSSR count). The summed E-state index contributed by atoms with van der Waals surface area (Å²) in [7, 11) is 1.81. The number of aromatic nitrogens is 3. The predicted octanol–water partition coefficient (Wildman–Crippen LogP) is 2.01. The van der Waals surface area contributed by atoms with Crippen molar-refractivity contribution in [3.63, 3.8) is 0 Å². The standard InChI is InChI=1S/C13H15ClN4O2S/c1-8(12(15)19)21-13-17-16-11(18(13)2)7-20-10-6-4-3-5-9(10)14/h3-6,8H,7H2,1-2H3,(H2,15,19)/t8-/m1/s1. The van der Waals surface area contributed by atoms with Crippen molar-refractivity contribution in [1.29, 1.82) is 0 Å². The summed E-state index contributed by atoms with van der Waals surface area (Å²) in [6, 6.07) is 7.21. The van der Waals surface area contributed by atoms with Crippen LogP contribution in [0, 0.1) is 0 Å². The van der Waals surface area contributed by atoms with E-state index in [4.69, 9.17) is 22.1 Å². The van der Waals surface area contributed by atoms with Crippen LogP contribution >= 0.6 is 23.4 Å². The number of benzene rings is 1. The fraction of sp³-hybridized carbons (Fsp3) is 0.308. The van der Waals surface area contributed by atoms with Gasteiger partial charge in [-0.3, -0.25) is 4.79 Å². The van der Waals surface area contributed by atoms with E-state index in [0.29, 0.717) is 21.8 Å². The van der Waals surface area contributed by atoms with Gasteiger partial charge in [0.05, 0.1) is 10.3 Å². The SMILES string of the molecule is C[C@@H](Sc1nnc(COc2ccccc2Cl)n1C)C(N)=O. The molecule has 8 heteroatoms. The Labute approximate surface area is 131 Å². The maximum absolute atomic E-state index is 11.1. The Morgan fingerprint density at radius 2 is 2.19 bits per heavy atom. The van der Waals surface area contributed by atoms with Crippen molar-refractivity contribution in [2.24, 2.45) is 12.8 Å². The summed E-state index contributed by atoms with van der Waals surface area (Å²) in [5, 5.41) is 8.85. The third-order valence-electron chi connectivity index (χ3n) is 2.80. The number of halogens is 1. The van der Waals surface area contributed by atoms with E-state index < -0.39 is 5.91 Å². The van der Waals surface area contributed by atoms with E-state index in [-0.39, 0.29) is 11.9 Å². The van der Waals surface area contributed by atoms with E-state index in [2.05, 4.69) is 10.2 Å². The minimum atomic E-state index is -0.392. The molecule has 0 fully saturated rings. The van der Waals surface area contributed by atoms with Gasteiger partial charge < -0.3 is 15.0 Å². The number of para-hydroxylation sites is 1. The van der Waals surface area contributed by atoms with Gasteiger partial charge in [-0.15, -0.1) is 10.2 Å². The fourth-order valence-corrected chi connectivity index (χ4v) is 2.47. The lowest BCUT2D eigenvalue weighted by atomic mass is 10.3. The normalized spacial score (nSPS) is 12.1. The summed E-state index contributed by atoms with van der Waals surface area (Å²) < 4.78 is 7.38. The molecular formula is C13H15ClN4O2S. The number of carbonyl (C=O) groups excluding carboxylic acids is 1. The molecule has 1 aromatic heterocycles. The molecular weight excluding hydrogens is 312 g/mol. The van der Waals surface area contributed by atoms with Crippen LogP contribution in [0.3, 0.4) is 0 Å². The lowest BCUT2D eigenvalue weighted by Crippen LogP contribution is -2.23. The molecule has 0 aliphatic heterocycles. The Hall–Kier alpha value is -1.73. The second kappa shape index (κ2) is 6.82. The van der Waals surface area contributed by atoms with Gasteiger partial charge in [-0.1, -0.05) is 35.5 Å². The van der Waals surface area contributed by atoms with Gasteiger partial charge in [0.1, 0.15) is 12.4 Å². The monoisotopic (exact) mass is 326 g/mol. The summed E-state index contributed by atoms with van der Waals surface area (Å²) in [5.74, 6) is 0.827. The molecule has 112 valence electrons. The molecule has 1 heterocycles. The van der Waals surface area contributed by atoms with Crippen molar-refractivity contribution in [2.75, 3.05) is 0 Å². The molecule has 0 unspecified atom stereocenters. The van der Waals surface area contributed by atoms with Crippen LogP contribution in [-0.4, -0.2) is 25.9 Å². The molecule has 6 nitrogen and oxygen atoms in total. The molecule has 21 heavy (non-hydrogen) atoms. The van der Waals surface area contributed by atoms with Gasteiger partial charge in [-0.05, 0) is 19.1 Å². The minimum Gasteiger partial charge on any atom is -0.484 e. The highest BCUT2D eigenvalue weighted by molar-refractivity contribution is 8.00. The van der Waals surface area contributed by atoms with Gasteiger partial charge in [-0.25, -0.2) is 0 Å². The van der Waals surface area contributed by atoms with Crippen LogP contribution in [0.25, 0.3) is 0 Å². The predicted molar refractivity (Wildman–Crippen MR) is 81.3 cm³/mol. The lowest BCUT2D eigenvalue weighted by molar-refractivity contribution is -0.117. The van der Waals surface area contributed by atoms with Crippen LogP contribution in [0.1, 0.15) is 12.7 Å². The number of nitrogens with zero attached hydrogens (tertiary/aromatic N) is 3. The molecule has 1 atom stereocenters. The first-order valence-electron chi connectivity index (χ1n) is 6.20. The van der Waals surface area contributed by atoms with Crippen LogP contribution in [0.4, 0.5) is 0 Å². The summed E-state index contributed by atoms with van der Waals surface area (Å²) in [4.78, 5) is 11.1. The zero-order valence-electron chi connectivity index (χ0n) is 11.6. The number of carbonyl (C=O) groups is 1. The highest BCUT2D eigenvalue weighted by atomic mass is 35.5. The van der Waals surface area contributed by atoms with Crippen molar-refractivity contribution >= 4 is 29.3 Å². The van der Waals surface area contributed by atoms with Crippen molar-refractivity contribution in [1.82, 2.24) is 14.8 Å². The molecule has 2 N–H and O–H groups in total. The van der Waals surface area contributed by atoms with Crippen LogP contribution in [0.2, 0.25) is 5.02 Å². The second-order valence-corrected chi connectivity index (χ2v) is 6.05. The number of thioether (sulfide) groups is 1. The third-order valence-corrected chi connectivity index (χ3v) is 4.27. The largest absolute Gasteiger partial charge is 0.484 e. The number of hydrogen-bond donors (Lipinski definition) is 1. The average molecular weight is 327 g/mol. The highest BCUT2D eigenvalue weighted by Gasteiger charge is 2.16. The molecule has 1 aromatic carbocycles. The van der Waals surface area contributed by atoms with Crippen LogP contribution in [0.5, 0.6) is 5.75 Å². The Morgan fingerprint density at radius 3 is 2.86 bits per heavy atom. The van der Waals surface area contributed by atoms with E-state index >= 15 is 0 Å². The molecule has 0 aliphatic carbocycles. The van der Waals surface area contributed by atoms with Crippen molar-refractivity contribution in [3.8, 4) is 5.75 Å². The second-order valence-electron chi connectivity index (χ2n) is 4.34. The Balaban J connectivity index is 2.04. The van der Waals surface area contributed by atoms with Gasteiger partial charge >= 0.3 is 0 Å². The molecule has 0 aliphatic rings. The Bertz CT molecular complexity index is 647. The van der Waals surface area contributed by atoms with Gasteiger partial charge in [0.15, 0.2) is 11.0 Å². The van der Waals surface area contributed by atoms with E-state index in [1.165, 1.54) is 11.8 Å². The number of amides is 1. The van der Waals surface area contributed by atoms with Gasteiger partial charge in [0, 0.05) is 7.05 Å². The zero-order valence-corrected chi connectivity index (χ0v) is 13.2. The van der Waals surface area contributed by atoms with Crippen LogP contribution in [0.15, 0.2) is 29.4 Å². The molecule has 1 amide bonds. The lowest BCUT2D eigenvalue weighted by Gasteiger charge is -2.08. The Morgan fingerprint density at radius 1 is 1.48 bits per heavy atom. The number of hydrogen-bond acceptors (Lipinski definition) is 5. The topological polar surface area (TPSA) is 83.0 Å². The van der Waals surface area contributed by atoms with Gasteiger partial charge in [0.2, 0.25) is 5.91 Å². The van der Waals surface area contributed by atoms with Gasteiger partial charge in [-0.2, -0.15) is 0 Å². The van der Waals surface area contributed by atoms with E-state index in [1.54, 1.807) is 30.7 Å². The fourth-order valence-electron chi connectivity index (χ4n) is 1.49. The van der Waals surface area contributed by atoms with Gasteiger partial charge in [0.25, 0.3) is 0 Å². The molecule has 2 aromatic rings. The molecule has 0 radical (unpaired) electrons. The first kappa shape index (κ1) is 15.7.